The number of ether oxygens (including phenoxy) is 1. The van der Waals surface area contributed by atoms with Gasteiger partial charge in [-0.15, -0.1) is 5.10 Å². The standard InChI is InChI=1S/C18H16ClN5O2/c1-11(25)12-3-6-14(7-4-12)21-18-23-17(10-20-24-18)22-15-9-13(19)5-8-16(15)26-2/h3-10H,1-2H3,(H2,21,22,23,24). The second kappa shape index (κ2) is 7.79. The van der Waals surface area contributed by atoms with Gasteiger partial charge in [0.1, 0.15) is 5.75 Å². The zero-order valence-corrected chi connectivity index (χ0v) is 14.9. The molecule has 0 amide bonds. The Morgan fingerprint density at radius 1 is 1.12 bits per heavy atom. The zero-order chi connectivity index (χ0) is 18.5. The van der Waals surface area contributed by atoms with Crippen LogP contribution in [0.4, 0.5) is 23.1 Å². The Bertz CT molecular complexity index is 931. The maximum Gasteiger partial charge on any atom is 0.249 e. The van der Waals surface area contributed by atoms with Crippen molar-refractivity contribution in [3.8, 4) is 5.75 Å². The maximum atomic E-state index is 11.3. The highest BCUT2D eigenvalue weighted by Gasteiger charge is 2.07. The number of nitrogens with one attached hydrogen (secondary N) is 2. The van der Waals surface area contributed by atoms with E-state index in [2.05, 4.69) is 25.8 Å². The van der Waals surface area contributed by atoms with E-state index in [1.54, 1.807) is 49.6 Å². The molecule has 3 aromatic rings. The van der Waals surface area contributed by atoms with Gasteiger partial charge in [-0.2, -0.15) is 10.1 Å². The molecule has 1 heterocycles. The van der Waals surface area contributed by atoms with E-state index in [9.17, 15) is 4.79 Å². The van der Waals surface area contributed by atoms with Crippen molar-refractivity contribution in [1.82, 2.24) is 15.2 Å². The molecule has 2 aromatic carbocycles. The molecular formula is C18H16ClN5O2. The second-order valence-corrected chi connectivity index (χ2v) is 5.83. The van der Waals surface area contributed by atoms with E-state index in [-0.39, 0.29) is 5.78 Å². The summed E-state index contributed by atoms with van der Waals surface area (Å²) in [5.41, 5.74) is 2.05. The van der Waals surface area contributed by atoms with Crippen molar-refractivity contribution in [1.29, 1.82) is 0 Å². The van der Waals surface area contributed by atoms with E-state index >= 15 is 0 Å². The summed E-state index contributed by atoms with van der Waals surface area (Å²) in [6.45, 7) is 1.52. The van der Waals surface area contributed by atoms with Crippen molar-refractivity contribution in [3.05, 3.63) is 59.2 Å². The van der Waals surface area contributed by atoms with Crippen LogP contribution in [0.2, 0.25) is 5.02 Å². The summed E-state index contributed by atoms with van der Waals surface area (Å²) in [4.78, 5) is 15.7. The van der Waals surface area contributed by atoms with Gasteiger partial charge in [0.15, 0.2) is 11.6 Å². The Morgan fingerprint density at radius 2 is 1.88 bits per heavy atom. The van der Waals surface area contributed by atoms with Gasteiger partial charge < -0.3 is 15.4 Å². The number of methoxy groups -OCH3 is 1. The van der Waals surface area contributed by atoms with Crippen LogP contribution >= 0.6 is 11.6 Å². The summed E-state index contributed by atoms with van der Waals surface area (Å²) in [6, 6.07) is 12.3. The van der Waals surface area contributed by atoms with Crippen molar-refractivity contribution >= 4 is 40.5 Å². The molecule has 0 fully saturated rings. The predicted molar refractivity (Wildman–Crippen MR) is 101 cm³/mol. The van der Waals surface area contributed by atoms with Crippen molar-refractivity contribution in [2.24, 2.45) is 0 Å². The fourth-order valence-electron chi connectivity index (χ4n) is 2.25. The smallest absolute Gasteiger partial charge is 0.249 e. The van der Waals surface area contributed by atoms with Crippen molar-refractivity contribution in [2.45, 2.75) is 6.92 Å². The van der Waals surface area contributed by atoms with E-state index in [1.807, 2.05) is 0 Å². The van der Waals surface area contributed by atoms with Gasteiger partial charge in [0.2, 0.25) is 5.95 Å². The van der Waals surface area contributed by atoms with Crippen LogP contribution in [0, 0.1) is 0 Å². The first-order chi connectivity index (χ1) is 12.5. The third-order valence-corrected chi connectivity index (χ3v) is 3.77. The average Bonchev–Trinajstić information content (AvgIpc) is 2.63. The van der Waals surface area contributed by atoms with Crippen LogP contribution in [0.3, 0.4) is 0 Å². The number of nitrogens with zero attached hydrogens (tertiary/aromatic N) is 3. The first kappa shape index (κ1) is 17.6. The van der Waals surface area contributed by atoms with Crippen LogP contribution in [0.25, 0.3) is 0 Å². The van der Waals surface area contributed by atoms with Gasteiger partial charge in [-0.05, 0) is 49.4 Å². The van der Waals surface area contributed by atoms with Crippen LogP contribution in [-0.4, -0.2) is 28.1 Å². The lowest BCUT2D eigenvalue weighted by molar-refractivity contribution is 0.101. The van der Waals surface area contributed by atoms with E-state index in [0.29, 0.717) is 33.8 Å². The minimum absolute atomic E-state index is 0.0103. The summed E-state index contributed by atoms with van der Waals surface area (Å²) in [5.74, 6) is 1.42. The highest BCUT2D eigenvalue weighted by Crippen LogP contribution is 2.30. The largest absolute Gasteiger partial charge is 0.495 e. The van der Waals surface area contributed by atoms with Crippen LogP contribution in [0.1, 0.15) is 17.3 Å². The van der Waals surface area contributed by atoms with E-state index < -0.39 is 0 Å². The number of halogens is 1. The highest BCUT2D eigenvalue weighted by molar-refractivity contribution is 6.31. The number of hydrogen-bond donors (Lipinski definition) is 2. The van der Waals surface area contributed by atoms with Gasteiger partial charge in [-0.1, -0.05) is 11.6 Å². The Morgan fingerprint density at radius 3 is 2.58 bits per heavy atom. The summed E-state index contributed by atoms with van der Waals surface area (Å²) in [6.07, 6.45) is 1.49. The van der Waals surface area contributed by atoms with Crippen molar-refractivity contribution in [3.63, 3.8) is 0 Å². The van der Waals surface area contributed by atoms with Gasteiger partial charge in [0.05, 0.1) is 19.0 Å². The predicted octanol–water partition coefficient (Wildman–Crippen LogP) is 4.22. The molecule has 0 aliphatic heterocycles. The van der Waals surface area contributed by atoms with Gasteiger partial charge in [-0.3, -0.25) is 4.79 Å². The maximum absolute atomic E-state index is 11.3. The molecule has 0 spiro atoms. The van der Waals surface area contributed by atoms with Crippen molar-refractivity contribution in [2.75, 3.05) is 17.7 Å². The third kappa shape index (κ3) is 4.25. The van der Waals surface area contributed by atoms with Crippen LogP contribution < -0.4 is 15.4 Å². The van der Waals surface area contributed by atoms with Crippen LogP contribution in [0.15, 0.2) is 48.7 Å². The number of anilines is 4. The highest BCUT2D eigenvalue weighted by atomic mass is 35.5. The third-order valence-electron chi connectivity index (χ3n) is 3.53. The molecule has 1 aromatic heterocycles. The number of carbonyl (C=O) groups excluding carboxylic acids is 1. The topological polar surface area (TPSA) is 89.0 Å². The minimum atomic E-state index is 0.0103. The summed E-state index contributed by atoms with van der Waals surface area (Å²) >= 11 is 6.03. The molecule has 0 aliphatic carbocycles. The number of benzene rings is 2. The fraction of sp³-hybridized carbons (Fsp3) is 0.111. The molecule has 2 N–H and O–H groups in total. The van der Waals surface area contributed by atoms with E-state index in [4.69, 9.17) is 16.3 Å². The molecule has 0 unspecified atom stereocenters. The van der Waals surface area contributed by atoms with Gasteiger partial charge in [-0.25, -0.2) is 0 Å². The molecule has 3 rings (SSSR count). The Balaban J connectivity index is 1.78. The molecule has 0 aliphatic rings. The molecule has 0 atom stereocenters. The zero-order valence-electron chi connectivity index (χ0n) is 14.2. The number of hydrogen-bond acceptors (Lipinski definition) is 7. The molecule has 26 heavy (non-hydrogen) atoms. The normalized spacial score (nSPS) is 10.3. The monoisotopic (exact) mass is 369 g/mol. The number of carbonyl (C=O) groups is 1. The quantitative estimate of drug-likeness (QED) is 0.628. The molecular weight excluding hydrogens is 354 g/mol. The first-order valence-electron chi connectivity index (χ1n) is 7.73. The number of ketones is 1. The van der Waals surface area contributed by atoms with Crippen LogP contribution in [-0.2, 0) is 0 Å². The minimum Gasteiger partial charge on any atom is -0.495 e. The first-order valence-corrected chi connectivity index (χ1v) is 8.11. The number of Topliss-reactive ketones (excluding diaryl/α,β-unsaturated/α-hetero) is 1. The number of aromatic nitrogens is 3. The molecule has 0 saturated carbocycles. The Hall–Kier alpha value is -3.19. The Labute approximate surface area is 155 Å². The molecule has 8 heteroatoms. The SMILES string of the molecule is COc1ccc(Cl)cc1Nc1cnnc(Nc2ccc(C(C)=O)cc2)n1. The molecule has 0 bridgehead atoms. The molecule has 132 valence electrons. The fourth-order valence-corrected chi connectivity index (χ4v) is 2.42. The lowest BCUT2D eigenvalue weighted by atomic mass is 10.1. The van der Waals surface area contributed by atoms with Gasteiger partial charge >= 0.3 is 0 Å². The molecule has 0 radical (unpaired) electrons. The van der Waals surface area contributed by atoms with Gasteiger partial charge in [0, 0.05) is 16.3 Å². The van der Waals surface area contributed by atoms with E-state index in [0.717, 1.165) is 5.69 Å². The molecule has 7 nitrogen and oxygen atoms in total. The van der Waals surface area contributed by atoms with E-state index in [1.165, 1.54) is 13.1 Å². The summed E-state index contributed by atoms with van der Waals surface area (Å²) < 4.78 is 5.30. The van der Waals surface area contributed by atoms with Gasteiger partial charge in [0.25, 0.3) is 0 Å². The summed E-state index contributed by atoms with van der Waals surface area (Å²) in [5, 5.41) is 14.6. The number of rotatable bonds is 6. The average molecular weight is 370 g/mol. The van der Waals surface area contributed by atoms with Crippen LogP contribution in [0.5, 0.6) is 5.75 Å². The summed E-state index contributed by atoms with van der Waals surface area (Å²) in [7, 11) is 1.57. The molecule has 0 saturated heterocycles. The van der Waals surface area contributed by atoms with Crippen molar-refractivity contribution < 1.29 is 9.53 Å². The lowest BCUT2D eigenvalue weighted by Gasteiger charge is -2.11. The lowest BCUT2D eigenvalue weighted by Crippen LogP contribution is -2.03. The second-order valence-electron chi connectivity index (χ2n) is 5.39. The Kier molecular flexibility index (Phi) is 5.28.